The van der Waals surface area contributed by atoms with Gasteiger partial charge in [-0.1, -0.05) is 20.8 Å². The molecule has 0 aliphatic heterocycles. The predicted octanol–water partition coefficient (Wildman–Crippen LogP) is 2.67. The average molecular weight is 235 g/mol. The number of aromatic nitrogens is 1. The van der Waals surface area contributed by atoms with E-state index in [9.17, 15) is 0 Å². The molecule has 3 nitrogen and oxygen atoms in total. The van der Waals surface area contributed by atoms with E-state index >= 15 is 0 Å². The van der Waals surface area contributed by atoms with Gasteiger partial charge in [0.05, 0.1) is 0 Å². The van der Waals surface area contributed by atoms with Crippen LogP contribution >= 0.6 is 0 Å². The molecule has 0 aliphatic rings. The lowest BCUT2D eigenvalue weighted by Crippen LogP contribution is -2.21. The Morgan fingerprint density at radius 2 is 2.18 bits per heavy atom. The Labute approximate surface area is 105 Å². The van der Waals surface area contributed by atoms with Crippen molar-refractivity contribution >= 4 is 5.82 Å². The zero-order chi connectivity index (χ0) is 12.7. The van der Waals surface area contributed by atoms with E-state index in [4.69, 9.17) is 0 Å². The first-order chi connectivity index (χ1) is 8.13. The summed E-state index contributed by atoms with van der Waals surface area (Å²) in [5, 5.41) is 3.45. The van der Waals surface area contributed by atoms with Crippen LogP contribution in [0.1, 0.15) is 32.8 Å². The monoisotopic (exact) mass is 235 g/mol. The first kappa shape index (κ1) is 14.0. The number of pyridine rings is 1. The summed E-state index contributed by atoms with van der Waals surface area (Å²) >= 11 is 0. The Balaban J connectivity index is 2.53. The van der Waals surface area contributed by atoms with Crippen LogP contribution in [0.15, 0.2) is 18.3 Å². The summed E-state index contributed by atoms with van der Waals surface area (Å²) in [6, 6.07) is 4.25. The van der Waals surface area contributed by atoms with Gasteiger partial charge in [0.2, 0.25) is 0 Å². The molecule has 0 fully saturated rings. The number of rotatable bonds is 7. The van der Waals surface area contributed by atoms with Crippen molar-refractivity contribution < 1.29 is 0 Å². The van der Waals surface area contributed by atoms with Crippen molar-refractivity contribution in [3.8, 4) is 0 Å². The van der Waals surface area contributed by atoms with Crippen molar-refractivity contribution in [2.45, 2.75) is 33.7 Å². The van der Waals surface area contributed by atoms with Gasteiger partial charge in [0.1, 0.15) is 5.82 Å². The van der Waals surface area contributed by atoms with Crippen molar-refractivity contribution in [2.75, 3.05) is 25.0 Å². The molecule has 0 aliphatic carbocycles. The van der Waals surface area contributed by atoms with E-state index in [1.54, 1.807) is 0 Å². The quantitative estimate of drug-likeness (QED) is 0.787. The van der Waals surface area contributed by atoms with E-state index in [0.29, 0.717) is 5.92 Å². The van der Waals surface area contributed by atoms with Gasteiger partial charge in [0.15, 0.2) is 0 Å². The molecule has 1 rings (SSSR count). The molecular weight excluding hydrogens is 210 g/mol. The highest BCUT2D eigenvalue weighted by molar-refractivity contribution is 5.39. The molecule has 0 radical (unpaired) electrons. The molecule has 0 spiro atoms. The lowest BCUT2D eigenvalue weighted by atomic mass is 10.2. The topological polar surface area (TPSA) is 28.2 Å². The summed E-state index contributed by atoms with van der Waals surface area (Å²) < 4.78 is 0. The van der Waals surface area contributed by atoms with Crippen molar-refractivity contribution in [1.82, 2.24) is 10.3 Å². The van der Waals surface area contributed by atoms with Crippen LogP contribution in [-0.2, 0) is 6.54 Å². The van der Waals surface area contributed by atoms with Gasteiger partial charge in [-0.05, 0) is 36.6 Å². The molecule has 0 unspecified atom stereocenters. The summed E-state index contributed by atoms with van der Waals surface area (Å²) in [6.45, 7) is 9.66. The summed E-state index contributed by atoms with van der Waals surface area (Å²) in [4.78, 5) is 6.60. The second-order valence-corrected chi connectivity index (χ2v) is 4.97. The molecule has 1 aromatic rings. The van der Waals surface area contributed by atoms with Crippen LogP contribution in [-0.4, -0.2) is 25.1 Å². The summed E-state index contributed by atoms with van der Waals surface area (Å²) in [5.74, 6) is 1.76. The molecule has 96 valence electrons. The highest BCUT2D eigenvalue weighted by atomic mass is 15.2. The van der Waals surface area contributed by atoms with Crippen LogP contribution in [0, 0.1) is 5.92 Å². The number of nitrogens with zero attached hydrogens (tertiary/aromatic N) is 2. The maximum Gasteiger partial charge on any atom is 0.128 e. The first-order valence-corrected chi connectivity index (χ1v) is 6.50. The first-order valence-electron chi connectivity index (χ1n) is 6.50. The van der Waals surface area contributed by atoms with E-state index in [2.05, 4.69) is 55.2 Å². The number of hydrogen-bond donors (Lipinski definition) is 1. The average Bonchev–Trinajstić information content (AvgIpc) is 2.29. The Morgan fingerprint density at radius 3 is 2.82 bits per heavy atom. The van der Waals surface area contributed by atoms with Crippen molar-refractivity contribution in [2.24, 2.45) is 5.92 Å². The van der Waals surface area contributed by atoms with Crippen LogP contribution in [0.25, 0.3) is 0 Å². The lowest BCUT2D eigenvalue weighted by molar-refractivity contribution is 0.552. The van der Waals surface area contributed by atoms with Crippen LogP contribution in [0.2, 0.25) is 0 Å². The Kier molecular flexibility index (Phi) is 5.98. The molecule has 17 heavy (non-hydrogen) atoms. The van der Waals surface area contributed by atoms with Crippen molar-refractivity contribution in [3.05, 3.63) is 23.9 Å². The number of anilines is 1. The molecule has 1 heterocycles. The van der Waals surface area contributed by atoms with Crippen LogP contribution < -0.4 is 10.2 Å². The van der Waals surface area contributed by atoms with E-state index in [-0.39, 0.29) is 0 Å². The second kappa shape index (κ2) is 7.28. The molecule has 0 bridgehead atoms. The number of hydrogen-bond acceptors (Lipinski definition) is 3. The van der Waals surface area contributed by atoms with Gasteiger partial charge in [-0.25, -0.2) is 4.98 Å². The van der Waals surface area contributed by atoms with Gasteiger partial charge in [-0.15, -0.1) is 0 Å². The van der Waals surface area contributed by atoms with Crippen LogP contribution in [0.5, 0.6) is 0 Å². The minimum atomic E-state index is 0.694. The van der Waals surface area contributed by atoms with Gasteiger partial charge in [0.25, 0.3) is 0 Å². The summed E-state index contributed by atoms with van der Waals surface area (Å²) in [6.07, 6.45) is 3.04. The van der Waals surface area contributed by atoms with Gasteiger partial charge in [-0.2, -0.15) is 0 Å². The van der Waals surface area contributed by atoms with E-state index in [1.165, 1.54) is 5.56 Å². The minimum Gasteiger partial charge on any atom is -0.360 e. The van der Waals surface area contributed by atoms with Crippen LogP contribution in [0.4, 0.5) is 5.82 Å². The van der Waals surface area contributed by atoms with Crippen molar-refractivity contribution in [1.29, 1.82) is 0 Å². The molecule has 0 aromatic carbocycles. The zero-order valence-electron chi connectivity index (χ0n) is 11.5. The molecule has 1 aromatic heterocycles. The van der Waals surface area contributed by atoms with Crippen molar-refractivity contribution in [3.63, 3.8) is 0 Å². The molecule has 0 saturated heterocycles. The summed E-state index contributed by atoms with van der Waals surface area (Å²) in [5.41, 5.74) is 1.30. The Morgan fingerprint density at radius 1 is 1.41 bits per heavy atom. The van der Waals surface area contributed by atoms with Gasteiger partial charge in [-0.3, -0.25) is 0 Å². The van der Waals surface area contributed by atoms with E-state index in [0.717, 1.165) is 31.9 Å². The molecule has 0 atom stereocenters. The third-order valence-corrected chi connectivity index (χ3v) is 2.64. The molecular formula is C14H25N3. The largest absolute Gasteiger partial charge is 0.360 e. The molecule has 3 heteroatoms. The third-order valence-electron chi connectivity index (χ3n) is 2.64. The lowest BCUT2D eigenvalue weighted by Gasteiger charge is -2.17. The van der Waals surface area contributed by atoms with Gasteiger partial charge < -0.3 is 10.2 Å². The standard InChI is InChI=1S/C14H25N3/c1-5-8-17(4)14-9-13(6-7-16-14)11-15-10-12(2)3/h6-7,9,12,15H,5,8,10-11H2,1-4H3. The molecule has 1 N–H and O–H groups in total. The van der Waals surface area contributed by atoms with E-state index in [1.807, 2.05) is 6.20 Å². The van der Waals surface area contributed by atoms with E-state index < -0.39 is 0 Å². The fourth-order valence-electron chi connectivity index (χ4n) is 1.73. The van der Waals surface area contributed by atoms with Gasteiger partial charge >= 0.3 is 0 Å². The SMILES string of the molecule is CCCN(C)c1cc(CNCC(C)C)ccn1. The fourth-order valence-corrected chi connectivity index (χ4v) is 1.73. The second-order valence-electron chi connectivity index (χ2n) is 4.97. The molecule has 0 amide bonds. The Bertz CT molecular complexity index is 323. The van der Waals surface area contributed by atoms with Gasteiger partial charge in [0, 0.05) is 26.3 Å². The number of nitrogens with one attached hydrogen (secondary N) is 1. The highest BCUT2D eigenvalue weighted by Crippen LogP contribution is 2.11. The fraction of sp³-hybridized carbons (Fsp3) is 0.643. The maximum atomic E-state index is 4.40. The zero-order valence-corrected chi connectivity index (χ0v) is 11.5. The Hall–Kier alpha value is -1.09. The normalized spacial score (nSPS) is 10.9. The smallest absolute Gasteiger partial charge is 0.128 e. The van der Waals surface area contributed by atoms with Crippen LogP contribution in [0.3, 0.4) is 0 Å². The third kappa shape index (κ3) is 5.18. The predicted molar refractivity (Wildman–Crippen MR) is 74.3 cm³/mol. The maximum absolute atomic E-state index is 4.40. The summed E-state index contributed by atoms with van der Waals surface area (Å²) in [7, 11) is 2.09. The highest BCUT2D eigenvalue weighted by Gasteiger charge is 2.02. The minimum absolute atomic E-state index is 0.694. The molecule has 0 saturated carbocycles.